The Kier molecular flexibility index (Phi) is 6.31. The van der Waals surface area contributed by atoms with Gasteiger partial charge in [0.25, 0.3) is 0 Å². The second kappa shape index (κ2) is 8.28. The molecule has 1 aliphatic rings. The van der Waals surface area contributed by atoms with Gasteiger partial charge < -0.3 is 5.32 Å². The molecule has 106 valence electrons. The number of hydrogen-bond donors (Lipinski definition) is 1. The van der Waals surface area contributed by atoms with E-state index in [1.807, 2.05) is 0 Å². The van der Waals surface area contributed by atoms with Crippen LogP contribution in [0.4, 0.5) is 0 Å². The number of likely N-dealkylation sites (tertiary alicyclic amines) is 1. The quantitative estimate of drug-likeness (QED) is 0.883. The minimum Gasteiger partial charge on any atom is -0.311 e. The Labute approximate surface area is 117 Å². The van der Waals surface area contributed by atoms with Crippen LogP contribution in [0.15, 0.2) is 18.2 Å². The van der Waals surface area contributed by atoms with Crippen LogP contribution < -0.4 is 5.32 Å². The van der Waals surface area contributed by atoms with Crippen LogP contribution >= 0.6 is 0 Å². The fourth-order valence-corrected chi connectivity index (χ4v) is 2.67. The van der Waals surface area contributed by atoms with Crippen LogP contribution in [-0.4, -0.2) is 29.5 Å². The predicted octanol–water partition coefficient (Wildman–Crippen LogP) is 2.96. The van der Waals surface area contributed by atoms with E-state index < -0.39 is 0 Å². The molecule has 0 aromatic carbocycles. The second-order valence-corrected chi connectivity index (χ2v) is 5.44. The van der Waals surface area contributed by atoms with Crippen LogP contribution in [0.25, 0.3) is 0 Å². The van der Waals surface area contributed by atoms with Crippen LogP contribution in [0.5, 0.6) is 0 Å². The lowest BCUT2D eigenvalue weighted by Crippen LogP contribution is -2.27. The summed E-state index contributed by atoms with van der Waals surface area (Å²) >= 11 is 0. The summed E-state index contributed by atoms with van der Waals surface area (Å²) in [5.74, 6) is 0. The molecule has 0 atom stereocenters. The molecular weight excluding hydrogens is 234 g/mol. The third-order valence-electron chi connectivity index (χ3n) is 3.75. The normalized spacial score (nSPS) is 17.9. The van der Waals surface area contributed by atoms with E-state index in [1.54, 1.807) is 0 Å². The van der Waals surface area contributed by atoms with Crippen LogP contribution in [0.3, 0.4) is 0 Å². The first-order valence-corrected chi connectivity index (χ1v) is 7.76. The van der Waals surface area contributed by atoms with Crippen LogP contribution in [0.1, 0.15) is 50.4 Å². The lowest BCUT2D eigenvalue weighted by molar-refractivity contribution is 0.237. The zero-order chi connectivity index (χ0) is 13.3. The molecule has 0 radical (unpaired) electrons. The molecule has 1 aromatic heterocycles. The van der Waals surface area contributed by atoms with Crippen molar-refractivity contribution in [2.24, 2.45) is 0 Å². The Morgan fingerprint density at radius 1 is 1.05 bits per heavy atom. The van der Waals surface area contributed by atoms with Crippen molar-refractivity contribution in [3.63, 3.8) is 0 Å². The van der Waals surface area contributed by atoms with Gasteiger partial charge in [-0.3, -0.25) is 9.88 Å². The Balaban J connectivity index is 1.89. The summed E-state index contributed by atoms with van der Waals surface area (Å²) in [4.78, 5) is 7.32. The number of pyridine rings is 1. The fourth-order valence-electron chi connectivity index (χ4n) is 2.67. The second-order valence-electron chi connectivity index (χ2n) is 5.44. The molecule has 3 heteroatoms. The first-order valence-electron chi connectivity index (χ1n) is 7.76. The fraction of sp³-hybridized carbons (Fsp3) is 0.688. The Bertz CT molecular complexity index is 357. The van der Waals surface area contributed by atoms with Gasteiger partial charge in [-0.05, 0) is 44.6 Å². The smallest absolute Gasteiger partial charge is 0.0547 e. The summed E-state index contributed by atoms with van der Waals surface area (Å²) in [6.45, 7) is 7.49. The minimum absolute atomic E-state index is 0.879. The molecule has 1 fully saturated rings. The number of nitrogens with one attached hydrogen (secondary N) is 1. The van der Waals surface area contributed by atoms with Crippen molar-refractivity contribution < 1.29 is 0 Å². The van der Waals surface area contributed by atoms with Gasteiger partial charge in [-0.25, -0.2) is 0 Å². The summed E-state index contributed by atoms with van der Waals surface area (Å²) < 4.78 is 0. The van der Waals surface area contributed by atoms with Crippen molar-refractivity contribution in [2.45, 2.75) is 52.1 Å². The van der Waals surface area contributed by atoms with E-state index in [2.05, 4.69) is 35.3 Å². The van der Waals surface area contributed by atoms with Crippen molar-refractivity contribution >= 4 is 0 Å². The first-order chi connectivity index (χ1) is 9.38. The summed E-state index contributed by atoms with van der Waals surface area (Å²) in [7, 11) is 0. The van der Waals surface area contributed by atoms with Crippen LogP contribution in [-0.2, 0) is 13.1 Å². The lowest BCUT2D eigenvalue weighted by atomic mass is 10.1. The van der Waals surface area contributed by atoms with E-state index >= 15 is 0 Å². The molecule has 2 rings (SSSR count). The molecule has 2 heterocycles. The monoisotopic (exact) mass is 261 g/mol. The minimum atomic E-state index is 0.879. The number of hydrogen-bond acceptors (Lipinski definition) is 3. The predicted molar refractivity (Wildman–Crippen MR) is 80.0 cm³/mol. The van der Waals surface area contributed by atoms with Crippen LogP contribution in [0, 0.1) is 0 Å². The highest BCUT2D eigenvalue weighted by atomic mass is 15.1. The van der Waals surface area contributed by atoms with E-state index in [4.69, 9.17) is 4.98 Å². The molecule has 1 aromatic rings. The highest BCUT2D eigenvalue weighted by Crippen LogP contribution is 2.12. The molecule has 0 spiro atoms. The first kappa shape index (κ1) is 14.5. The lowest BCUT2D eigenvalue weighted by Gasteiger charge is -2.24. The van der Waals surface area contributed by atoms with Gasteiger partial charge in [0.1, 0.15) is 0 Å². The van der Waals surface area contributed by atoms with E-state index in [1.165, 1.54) is 50.9 Å². The molecule has 0 unspecified atom stereocenters. The highest BCUT2D eigenvalue weighted by molar-refractivity contribution is 5.11. The van der Waals surface area contributed by atoms with Crippen molar-refractivity contribution in [3.05, 3.63) is 29.6 Å². The Morgan fingerprint density at radius 2 is 1.74 bits per heavy atom. The molecule has 3 nitrogen and oxygen atoms in total. The molecule has 0 saturated carbocycles. The number of nitrogens with zero attached hydrogens (tertiary/aromatic N) is 2. The van der Waals surface area contributed by atoms with E-state index in [0.717, 1.165) is 25.3 Å². The molecule has 1 aliphatic heterocycles. The van der Waals surface area contributed by atoms with Gasteiger partial charge >= 0.3 is 0 Å². The third-order valence-corrected chi connectivity index (χ3v) is 3.75. The number of rotatable bonds is 5. The van der Waals surface area contributed by atoms with Gasteiger partial charge in [-0.2, -0.15) is 0 Å². The molecule has 0 aliphatic carbocycles. The topological polar surface area (TPSA) is 28.2 Å². The SMILES string of the molecule is CCNCc1cccc(CN2CCCCCCC2)n1. The standard InChI is InChI=1S/C16H27N3/c1-2-17-13-15-9-8-10-16(18-15)14-19-11-6-4-3-5-7-12-19/h8-10,17H,2-7,11-14H2,1H3. The summed E-state index contributed by atoms with van der Waals surface area (Å²) in [5, 5.41) is 3.34. The summed E-state index contributed by atoms with van der Waals surface area (Å²) in [6.07, 6.45) is 6.90. The largest absolute Gasteiger partial charge is 0.311 e. The van der Waals surface area contributed by atoms with Crippen LogP contribution in [0.2, 0.25) is 0 Å². The molecule has 1 saturated heterocycles. The van der Waals surface area contributed by atoms with Gasteiger partial charge in [0.2, 0.25) is 0 Å². The van der Waals surface area contributed by atoms with Crippen molar-refractivity contribution in [3.8, 4) is 0 Å². The van der Waals surface area contributed by atoms with E-state index in [9.17, 15) is 0 Å². The zero-order valence-electron chi connectivity index (χ0n) is 12.2. The number of aromatic nitrogens is 1. The van der Waals surface area contributed by atoms with Crippen molar-refractivity contribution in [1.29, 1.82) is 0 Å². The molecular formula is C16H27N3. The zero-order valence-corrected chi connectivity index (χ0v) is 12.2. The van der Waals surface area contributed by atoms with Crippen molar-refractivity contribution in [2.75, 3.05) is 19.6 Å². The maximum Gasteiger partial charge on any atom is 0.0547 e. The highest BCUT2D eigenvalue weighted by Gasteiger charge is 2.09. The van der Waals surface area contributed by atoms with Gasteiger partial charge in [-0.1, -0.05) is 32.3 Å². The van der Waals surface area contributed by atoms with Gasteiger partial charge in [-0.15, -0.1) is 0 Å². The average molecular weight is 261 g/mol. The Hall–Kier alpha value is -0.930. The Morgan fingerprint density at radius 3 is 2.47 bits per heavy atom. The third kappa shape index (κ3) is 5.29. The molecule has 19 heavy (non-hydrogen) atoms. The van der Waals surface area contributed by atoms with E-state index in [-0.39, 0.29) is 0 Å². The maximum atomic E-state index is 4.75. The van der Waals surface area contributed by atoms with Gasteiger partial charge in [0, 0.05) is 13.1 Å². The van der Waals surface area contributed by atoms with E-state index in [0.29, 0.717) is 0 Å². The van der Waals surface area contributed by atoms with Gasteiger partial charge in [0.05, 0.1) is 11.4 Å². The molecule has 0 bridgehead atoms. The molecule has 0 amide bonds. The maximum absolute atomic E-state index is 4.75. The average Bonchev–Trinajstić information content (AvgIpc) is 2.40. The van der Waals surface area contributed by atoms with Gasteiger partial charge in [0.15, 0.2) is 0 Å². The summed E-state index contributed by atoms with van der Waals surface area (Å²) in [6, 6.07) is 6.41. The van der Waals surface area contributed by atoms with Crippen molar-refractivity contribution in [1.82, 2.24) is 15.2 Å². The summed E-state index contributed by atoms with van der Waals surface area (Å²) in [5.41, 5.74) is 2.38. The molecule has 1 N–H and O–H groups in total.